The van der Waals surface area contributed by atoms with E-state index in [-0.39, 0.29) is 11.5 Å². The number of hydrogen-bond acceptors (Lipinski definition) is 3. The largest absolute Gasteiger partial charge is 0.507 e. The number of ether oxygens (including phenoxy) is 1. The third-order valence-electron chi connectivity index (χ3n) is 4.22. The van der Waals surface area contributed by atoms with Gasteiger partial charge in [-0.1, -0.05) is 61.9 Å². The van der Waals surface area contributed by atoms with Crippen LogP contribution in [0.1, 0.15) is 35.7 Å². The number of aromatic hydroxyl groups is 1. The molecule has 0 atom stereocenters. The molecule has 0 heterocycles. The number of fused-ring (bicyclic) bond motifs is 1. The number of phenols is 1. The van der Waals surface area contributed by atoms with E-state index in [0.29, 0.717) is 17.6 Å². The average Bonchev–Trinajstić information content (AvgIpc) is 2.67. The molecule has 3 heteroatoms. The molecule has 3 aromatic rings. The molecule has 0 spiro atoms. The number of unbranched alkanes of at least 4 members (excludes halogenated alkanes) is 1. The first kappa shape index (κ1) is 17.7. The summed E-state index contributed by atoms with van der Waals surface area (Å²) in [6.45, 7) is 2.81. The number of benzene rings is 3. The Kier molecular flexibility index (Phi) is 5.69. The molecule has 0 fully saturated rings. The summed E-state index contributed by atoms with van der Waals surface area (Å²) in [4.78, 5) is 12.5. The van der Waals surface area contributed by atoms with E-state index in [4.69, 9.17) is 4.74 Å². The Labute approximate surface area is 153 Å². The van der Waals surface area contributed by atoms with Gasteiger partial charge in [-0.2, -0.15) is 0 Å². The van der Waals surface area contributed by atoms with E-state index in [1.54, 1.807) is 12.1 Å². The minimum atomic E-state index is -0.231. The van der Waals surface area contributed by atoms with Crippen molar-refractivity contribution in [2.75, 3.05) is 6.61 Å². The second-order valence-electron chi connectivity index (χ2n) is 6.15. The lowest BCUT2D eigenvalue weighted by molar-refractivity contribution is 0.104. The Hall–Kier alpha value is -3.07. The van der Waals surface area contributed by atoms with Gasteiger partial charge >= 0.3 is 0 Å². The lowest BCUT2D eigenvalue weighted by Crippen LogP contribution is -1.97. The Bertz CT molecular complexity index is 941. The molecule has 26 heavy (non-hydrogen) atoms. The molecule has 0 saturated heterocycles. The van der Waals surface area contributed by atoms with Crippen molar-refractivity contribution >= 4 is 22.6 Å². The smallest absolute Gasteiger partial charge is 0.189 e. The van der Waals surface area contributed by atoms with Crippen molar-refractivity contribution in [3.05, 3.63) is 77.9 Å². The Morgan fingerprint density at radius 2 is 1.92 bits per heavy atom. The van der Waals surface area contributed by atoms with Gasteiger partial charge in [-0.15, -0.1) is 0 Å². The molecule has 3 rings (SSSR count). The third kappa shape index (κ3) is 4.12. The number of rotatable bonds is 7. The summed E-state index contributed by atoms with van der Waals surface area (Å²) in [7, 11) is 0. The molecule has 0 aliphatic rings. The van der Waals surface area contributed by atoms with Crippen molar-refractivity contribution in [3.63, 3.8) is 0 Å². The van der Waals surface area contributed by atoms with E-state index in [9.17, 15) is 9.90 Å². The lowest BCUT2D eigenvalue weighted by atomic mass is 10.0. The van der Waals surface area contributed by atoms with Gasteiger partial charge in [0.25, 0.3) is 0 Å². The van der Waals surface area contributed by atoms with E-state index < -0.39 is 0 Å². The molecule has 3 aromatic carbocycles. The SMILES string of the molecule is CCCCOc1cccc(C=CC(=O)c2ccc3ccccc3c2O)c1. The molecule has 0 bridgehead atoms. The van der Waals surface area contributed by atoms with Crippen LogP contribution in [0.2, 0.25) is 0 Å². The van der Waals surface area contributed by atoms with Gasteiger partial charge in [0.15, 0.2) is 5.78 Å². The fourth-order valence-electron chi connectivity index (χ4n) is 2.76. The molecule has 0 saturated carbocycles. The fraction of sp³-hybridized carbons (Fsp3) is 0.174. The van der Waals surface area contributed by atoms with Gasteiger partial charge < -0.3 is 9.84 Å². The molecular formula is C23H22O3. The molecule has 0 aromatic heterocycles. The number of allylic oxidation sites excluding steroid dienone is 1. The highest BCUT2D eigenvalue weighted by molar-refractivity contribution is 6.11. The van der Waals surface area contributed by atoms with Crippen molar-refractivity contribution in [2.45, 2.75) is 19.8 Å². The highest BCUT2D eigenvalue weighted by Gasteiger charge is 2.11. The Morgan fingerprint density at radius 3 is 2.77 bits per heavy atom. The minimum absolute atomic E-state index is 0.0226. The van der Waals surface area contributed by atoms with Crippen LogP contribution in [-0.2, 0) is 0 Å². The van der Waals surface area contributed by atoms with Crippen LogP contribution in [-0.4, -0.2) is 17.5 Å². The van der Waals surface area contributed by atoms with Gasteiger partial charge in [0.1, 0.15) is 11.5 Å². The zero-order chi connectivity index (χ0) is 18.4. The highest BCUT2D eigenvalue weighted by atomic mass is 16.5. The molecule has 132 valence electrons. The van der Waals surface area contributed by atoms with Crippen molar-refractivity contribution < 1.29 is 14.6 Å². The van der Waals surface area contributed by atoms with E-state index in [2.05, 4.69) is 6.92 Å². The zero-order valence-corrected chi connectivity index (χ0v) is 14.8. The maximum atomic E-state index is 12.5. The standard InChI is InChI=1S/C23H22O3/c1-2-3-15-26-19-9-6-7-17(16-19)11-14-22(24)21-13-12-18-8-4-5-10-20(18)23(21)25/h4-14,16,25H,2-3,15H2,1H3. The van der Waals surface area contributed by atoms with Crippen LogP contribution in [0, 0.1) is 0 Å². The van der Waals surface area contributed by atoms with Crippen LogP contribution in [0.5, 0.6) is 11.5 Å². The summed E-state index contributed by atoms with van der Waals surface area (Å²) in [5.41, 5.74) is 1.18. The van der Waals surface area contributed by atoms with Gasteiger partial charge in [0.2, 0.25) is 0 Å². The minimum Gasteiger partial charge on any atom is -0.507 e. The molecule has 0 amide bonds. The summed E-state index contributed by atoms with van der Waals surface area (Å²) < 4.78 is 5.69. The van der Waals surface area contributed by atoms with Crippen molar-refractivity contribution in [2.24, 2.45) is 0 Å². The third-order valence-corrected chi connectivity index (χ3v) is 4.22. The molecule has 1 N–H and O–H groups in total. The first-order valence-electron chi connectivity index (χ1n) is 8.85. The maximum absolute atomic E-state index is 12.5. The molecular weight excluding hydrogens is 324 g/mol. The maximum Gasteiger partial charge on any atom is 0.189 e. The summed E-state index contributed by atoms with van der Waals surface area (Å²) in [5.74, 6) is 0.585. The van der Waals surface area contributed by atoms with Gasteiger partial charge in [-0.25, -0.2) is 0 Å². The number of carbonyl (C=O) groups excluding carboxylic acids is 1. The Balaban J connectivity index is 1.77. The monoisotopic (exact) mass is 346 g/mol. The van der Waals surface area contributed by atoms with Crippen LogP contribution in [0.4, 0.5) is 0 Å². The Morgan fingerprint density at radius 1 is 1.08 bits per heavy atom. The highest BCUT2D eigenvalue weighted by Crippen LogP contribution is 2.29. The van der Waals surface area contributed by atoms with E-state index in [0.717, 1.165) is 29.5 Å². The van der Waals surface area contributed by atoms with Crippen LogP contribution >= 0.6 is 0 Å². The number of ketones is 1. The van der Waals surface area contributed by atoms with Crippen molar-refractivity contribution in [1.82, 2.24) is 0 Å². The van der Waals surface area contributed by atoms with Gasteiger partial charge in [0, 0.05) is 5.39 Å². The molecule has 0 radical (unpaired) electrons. The van der Waals surface area contributed by atoms with Crippen LogP contribution in [0.25, 0.3) is 16.8 Å². The first-order valence-corrected chi connectivity index (χ1v) is 8.85. The lowest BCUT2D eigenvalue weighted by Gasteiger charge is -2.06. The second-order valence-corrected chi connectivity index (χ2v) is 6.15. The van der Waals surface area contributed by atoms with Crippen molar-refractivity contribution in [3.8, 4) is 11.5 Å². The van der Waals surface area contributed by atoms with Gasteiger partial charge in [0.05, 0.1) is 12.2 Å². The molecule has 3 nitrogen and oxygen atoms in total. The predicted molar refractivity (Wildman–Crippen MR) is 106 cm³/mol. The number of hydrogen-bond donors (Lipinski definition) is 1. The van der Waals surface area contributed by atoms with Gasteiger partial charge in [-0.05, 0) is 41.6 Å². The van der Waals surface area contributed by atoms with E-state index in [1.807, 2.05) is 54.6 Å². The fourth-order valence-corrected chi connectivity index (χ4v) is 2.76. The first-order chi connectivity index (χ1) is 12.7. The zero-order valence-electron chi connectivity index (χ0n) is 14.8. The molecule has 0 unspecified atom stereocenters. The molecule has 0 aliphatic carbocycles. The van der Waals surface area contributed by atoms with Gasteiger partial charge in [-0.3, -0.25) is 4.79 Å². The summed E-state index contributed by atoms with van der Waals surface area (Å²) in [5, 5.41) is 12.0. The second kappa shape index (κ2) is 8.34. The van der Waals surface area contributed by atoms with E-state index >= 15 is 0 Å². The van der Waals surface area contributed by atoms with Crippen LogP contribution < -0.4 is 4.74 Å². The van der Waals surface area contributed by atoms with E-state index in [1.165, 1.54) is 6.08 Å². The molecule has 0 aliphatic heterocycles. The summed E-state index contributed by atoms with van der Waals surface area (Å²) >= 11 is 0. The van der Waals surface area contributed by atoms with Crippen LogP contribution in [0.3, 0.4) is 0 Å². The topological polar surface area (TPSA) is 46.5 Å². The quantitative estimate of drug-likeness (QED) is 0.343. The summed E-state index contributed by atoms with van der Waals surface area (Å²) in [6, 6.07) is 18.6. The van der Waals surface area contributed by atoms with Crippen molar-refractivity contribution in [1.29, 1.82) is 0 Å². The number of carbonyl (C=O) groups is 1. The van der Waals surface area contributed by atoms with Crippen LogP contribution in [0.15, 0.2) is 66.7 Å². The number of phenolic OH excluding ortho intramolecular Hbond substituents is 1. The normalized spacial score (nSPS) is 11.1. The predicted octanol–water partition coefficient (Wildman–Crippen LogP) is 5.62. The summed E-state index contributed by atoms with van der Waals surface area (Å²) in [6.07, 6.45) is 5.32. The average molecular weight is 346 g/mol.